The van der Waals surface area contributed by atoms with Crippen LogP contribution in [0.1, 0.15) is 11.3 Å². The predicted octanol–water partition coefficient (Wildman–Crippen LogP) is 1.27. The zero-order valence-electron chi connectivity index (χ0n) is 10.2. The smallest absolute Gasteiger partial charge is 0.237 e. The molecule has 19 heavy (non-hydrogen) atoms. The molecule has 1 amide bonds. The first-order valence-corrected chi connectivity index (χ1v) is 7.37. The SMILES string of the molecule is O=C1NC2=C(C=CCN2)[C@@]12Cc1cc(I)cnc1C2. The number of pyridine rings is 1. The van der Waals surface area contributed by atoms with Crippen molar-refractivity contribution in [3.8, 4) is 0 Å². The van der Waals surface area contributed by atoms with E-state index in [-0.39, 0.29) is 5.91 Å². The van der Waals surface area contributed by atoms with Crippen molar-refractivity contribution in [3.63, 3.8) is 0 Å². The molecular weight excluding hydrogens is 353 g/mol. The normalized spacial score (nSPS) is 27.3. The van der Waals surface area contributed by atoms with E-state index >= 15 is 0 Å². The number of hydrogen-bond acceptors (Lipinski definition) is 3. The molecule has 0 fully saturated rings. The Balaban J connectivity index is 1.83. The first kappa shape index (κ1) is 11.5. The lowest BCUT2D eigenvalue weighted by Gasteiger charge is -2.22. The molecule has 0 unspecified atom stereocenters. The van der Waals surface area contributed by atoms with Crippen LogP contribution >= 0.6 is 22.6 Å². The van der Waals surface area contributed by atoms with E-state index in [2.05, 4.69) is 56.4 Å². The second-order valence-corrected chi connectivity index (χ2v) is 6.47. The number of amides is 1. The molecule has 2 N–H and O–H groups in total. The van der Waals surface area contributed by atoms with Crippen LogP contribution in [-0.4, -0.2) is 17.4 Å². The van der Waals surface area contributed by atoms with E-state index in [1.165, 1.54) is 5.56 Å². The average Bonchev–Trinajstić information content (AvgIpc) is 2.90. The number of halogens is 1. The molecular formula is C14H12IN3O. The Morgan fingerprint density at radius 2 is 2.26 bits per heavy atom. The maximum absolute atomic E-state index is 12.5. The standard InChI is InChI=1S/C14H12IN3O/c15-9-4-8-5-14(6-11(8)17-7-9)10-2-1-3-16-12(10)18-13(14)19/h1-2,4,7,16H,3,5-6H2,(H,18,19)/t14-/m0/s1. The second kappa shape index (κ2) is 3.82. The fourth-order valence-electron chi connectivity index (χ4n) is 3.23. The van der Waals surface area contributed by atoms with Gasteiger partial charge in [-0.1, -0.05) is 12.2 Å². The lowest BCUT2D eigenvalue weighted by molar-refractivity contribution is -0.126. The topological polar surface area (TPSA) is 54.0 Å². The number of carbonyl (C=O) groups excluding carboxylic acids is 1. The van der Waals surface area contributed by atoms with Crippen molar-refractivity contribution in [2.45, 2.75) is 12.8 Å². The Bertz CT molecular complexity index is 665. The van der Waals surface area contributed by atoms with E-state index in [9.17, 15) is 4.79 Å². The molecule has 1 spiro atoms. The molecule has 2 aliphatic heterocycles. The Morgan fingerprint density at radius 1 is 1.37 bits per heavy atom. The molecule has 96 valence electrons. The third-order valence-electron chi connectivity index (χ3n) is 4.13. The highest BCUT2D eigenvalue weighted by Gasteiger charge is 2.52. The number of allylic oxidation sites excluding steroid dienone is 1. The summed E-state index contributed by atoms with van der Waals surface area (Å²) in [6, 6.07) is 2.14. The van der Waals surface area contributed by atoms with Gasteiger partial charge in [0.15, 0.2) is 0 Å². The molecule has 1 aromatic heterocycles. The monoisotopic (exact) mass is 365 g/mol. The van der Waals surface area contributed by atoms with Gasteiger partial charge < -0.3 is 10.6 Å². The fourth-order valence-corrected chi connectivity index (χ4v) is 3.74. The Morgan fingerprint density at radius 3 is 3.16 bits per heavy atom. The average molecular weight is 365 g/mol. The van der Waals surface area contributed by atoms with Gasteiger partial charge >= 0.3 is 0 Å². The summed E-state index contributed by atoms with van der Waals surface area (Å²) in [6.07, 6.45) is 7.48. The molecule has 4 rings (SSSR count). The first-order valence-electron chi connectivity index (χ1n) is 6.29. The molecule has 0 radical (unpaired) electrons. The summed E-state index contributed by atoms with van der Waals surface area (Å²) in [5, 5.41) is 6.23. The van der Waals surface area contributed by atoms with Crippen LogP contribution in [0.3, 0.4) is 0 Å². The van der Waals surface area contributed by atoms with Gasteiger partial charge in [-0.15, -0.1) is 0 Å². The van der Waals surface area contributed by atoms with Crippen molar-refractivity contribution < 1.29 is 4.79 Å². The van der Waals surface area contributed by atoms with Crippen molar-refractivity contribution in [2.75, 3.05) is 6.54 Å². The lowest BCUT2D eigenvalue weighted by Crippen LogP contribution is -2.35. The summed E-state index contributed by atoms with van der Waals surface area (Å²) < 4.78 is 1.12. The molecule has 3 aliphatic rings. The van der Waals surface area contributed by atoms with E-state index in [0.717, 1.165) is 33.6 Å². The number of aromatic nitrogens is 1. The summed E-state index contributed by atoms with van der Waals surface area (Å²) in [5.41, 5.74) is 2.91. The number of hydrogen-bond donors (Lipinski definition) is 2. The molecule has 1 aromatic rings. The number of rotatable bonds is 0. The highest BCUT2D eigenvalue weighted by Crippen LogP contribution is 2.46. The van der Waals surface area contributed by atoms with Gasteiger partial charge in [0.25, 0.3) is 0 Å². The van der Waals surface area contributed by atoms with Crippen molar-refractivity contribution in [1.82, 2.24) is 15.6 Å². The molecule has 0 saturated carbocycles. The summed E-state index contributed by atoms with van der Waals surface area (Å²) in [5.74, 6) is 0.986. The molecule has 0 bridgehead atoms. The van der Waals surface area contributed by atoms with Crippen LogP contribution in [0.25, 0.3) is 0 Å². The maximum atomic E-state index is 12.5. The minimum absolute atomic E-state index is 0.101. The number of nitrogens with one attached hydrogen (secondary N) is 2. The van der Waals surface area contributed by atoms with E-state index in [4.69, 9.17) is 0 Å². The van der Waals surface area contributed by atoms with Crippen LogP contribution in [0.15, 0.2) is 35.8 Å². The van der Waals surface area contributed by atoms with Crippen LogP contribution in [0.4, 0.5) is 0 Å². The quantitative estimate of drug-likeness (QED) is 0.681. The zero-order chi connectivity index (χ0) is 13.0. The predicted molar refractivity (Wildman–Crippen MR) is 79.1 cm³/mol. The zero-order valence-corrected chi connectivity index (χ0v) is 12.3. The summed E-state index contributed by atoms with van der Waals surface area (Å²) in [7, 11) is 0. The van der Waals surface area contributed by atoms with Gasteiger partial charge in [0.2, 0.25) is 5.91 Å². The summed E-state index contributed by atoms with van der Waals surface area (Å²) >= 11 is 2.27. The summed E-state index contributed by atoms with van der Waals surface area (Å²) in [6.45, 7) is 0.776. The van der Waals surface area contributed by atoms with Crippen LogP contribution in [-0.2, 0) is 17.6 Å². The Kier molecular flexibility index (Phi) is 2.30. The van der Waals surface area contributed by atoms with Crippen molar-refractivity contribution in [3.05, 3.63) is 50.6 Å². The van der Waals surface area contributed by atoms with Gasteiger partial charge in [-0.05, 0) is 40.6 Å². The summed E-state index contributed by atoms with van der Waals surface area (Å²) in [4.78, 5) is 17.0. The second-order valence-electron chi connectivity index (χ2n) is 5.22. The third kappa shape index (κ3) is 1.51. The molecule has 1 atom stereocenters. The van der Waals surface area contributed by atoms with Crippen LogP contribution in [0, 0.1) is 8.99 Å². The molecule has 0 aromatic carbocycles. The molecule has 1 aliphatic carbocycles. The molecule has 4 nitrogen and oxygen atoms in total. The van der Waals surface area contributed by atoms with Crippen molar-refractivity contribution >= 4 is 28.5 Å². The van der Waals surface area contributed by atoms with Gasteiger partial charge in [-0.25, -0.2) is 0 Å². The van der Waals surface area contributed by atoms with Gasteiger partial charge in [-0.3, -0.25) is 9.78 Å². The number of nitrogens with zero attached hydrogens (tertiary/aromatic N) is 1. The molecule has 5 heteroatoms. The third-order valence-corrected chi connectivity index (χ3v) is 4.72. The Labute approximate surface area is 124 Å². The van der Waals surface area contributed by atoms with Crippen LogP contribution < -0.4 is 10.6 Å². The van der Waals surface area contributed by atoms with E-state index in [1.54, 1.807) is 0 Å². The number of dihydropyridines is 1. The molecule has 3 heterocycles. The van der Waals surface area contributed by atoms with Crippen LogP contribution in [0.5, 0.6) is 0 Å². The lowest BCUT2D eigenvalue weighted by atomic mass is 9.78. The van der Waals surface area contributed by atoms with E-state index < -0.39 is 5.41 Å². The number of carbonyl (C=O) groups is 1. The minimum atomic E-state index is -0.445. The van der Waals surface area contributed by atoms with Crippen molar-refractivity contribution in [1.29, 1.82) is 0 Å². The van der Waals surface area contributed by atoms with E-state index in [0.29, 0.717) is 6.42 Å². The van der Waals surface area contributed by atoms with Gasteiger partial charge in [-0.2, -0.15) is 0 Å². The minimum Gasteiger partial charge on any atom is -0.368 e. The van der Waals surface area contributed by atoms with Crippen molar-refractivity contribution in [2.24, 2.45) is 5.41 Å². The maximum Gasteiger partial charge on any atom is 0.237 e. The Hall–Kier alpha value is -1.37. The van der Waals surface area contributed by atoms with Gasteiger partial charge in [0.05, 0.1) is 5.41 Å². The highest BCUT2D eigenvalue weighted by atomic mass is 127. The number of fused-ring (bicyclic) bond motifs is 2. The highest BCUT2D eigenvalue weighted by molar-refractivity contribution is 14.1. The van der Waals surface area contributed by atoms with Crippen LogP contribution in [0.2, 0.25) is 0 Å². The largest absolute Gasteiger partial charge is 0.368 e. The fraction of sp³-hybridized carbons (Fsp3) is 0.286. The first-order chi connectivity index (χ1) is 9.19. The van der Waals surface area contributed by atoms with Gasteiger partial charge in [0.1, 0.15) is 5.82 Å². The molecule has 0 saturated heterocycles. The van der Waals surface area contributed by atoms with E-state index in [1.807, 2.05) is 6.20 Å². The van der Waals surface area contributed by atoms with Gasteiger partial charge in [0, 0.05) is 34.0 Å².